The van der Waals surface area contributed by atoms with Gasteiger partial charge in [0.15, 0.2) is 5.76 Å². The van der Waals surface area contributed by atoms with Crippen molar-refractivity contribution in [1.82, 2.24) is 15.1 Å². The van der Waals surface area contributed by atoms with Gasteiger partial charge in [0.2, 0.25) is 0 Å². The van der Waals surface area contributed by atoms with Crippen molar-refractivity contribution < 1.29 is 9.21 Å². The number of aromatic nitrogens is 2. The van der Waals surface area contributed by atoms with Gasteiger partial charge >= 0.3 is 0 Å². The van der Waals surface area contributed by atoms with Crippen LogP contribution in [0.25, 0.3) is 0 Å². The van der Waals surface area contributed by atoms with E-state index >= 15 is 0 Å². The number of carbonyl (C=O) groups is 1. The van der Waals surface area contributed by atoms with Gasteiger partial charge in [-0.25, -0.2) is 0 Å². The van der Waals surface area contributed by atoms with E-state index in [1.807, 2.05) is 32.4 Å². The highest BCUT2D eigenvalue weighted by molar-refractivity contribution is 9.10. The van der Waals surface area contributed by atoms with E-state index in [0.717, 1.165) is 15.9 Å². The number of amides is 1. The standard InChI is InChI=1S/C14H18BrN3O2/c1-8(2)16-14(19)12-6-5-11(20-12)7-18-10(4)13(15)9(3)17-18/h5-6,8H,7H2,1-4H3,(H,16,19). The van der Waals surface area contributed by atoms with Crippen molar-refractivity contribution >= 4 is 21.8 Å². The van der Waals surface area contributed by atoms with Gasteiger partial charge in [0.1, 0.15) is 5.76 Å². The largest absolute Gasteiger partial charge is 0.454 e. The lowest BCUT2D eigenvalue weighted by atomic mass is 10.3. The molecule has 1 amide bonds. The lowest BCUT2D eigenvalue weighted by Crippen LogP contribution is -2.29. The van der Waals surface area contributed by atoms with Gasteiger partial charge in [0.05, 0.1) is 22.4 Å². The van der Waals surface area contributed by atoms with E-state index in [9.17, 15) is 4.79 Å². The molecule has 1 N–H and O–H groups in total. The summed E-state index contributed by atoms with van der Waals surface area (Å²) >= 11 is 3.49. The highest BCUT2D eigenvalue weighted by Gasteiger charge is 2.14. The molecule has 0 unspecified atom stereocenters. The Labute approximate surface area is 126 Å². The van der Waals surface area contributed by atoms with Gasteiger partial charge in [0.25, 0.3) is 5.91 Å². The van der Waals surface area contributed by atoms with Gasteiger partial charge in [-0.3, -0.25) is 9.48 Å². The predicted molar refractivity (Wildman–Crippen MR) is 79.8 cm³/mol. The van der Waals surface area contributed by atoms with Crippen molar-refractivity contribution in [3.63, 3.8) is 0 Å². The van der Waals surface area contributed by atoms with Crippen LogP contribution in [0.3, 0.4) is 0 Å². The maximum Gasteiger partial charge on any atom is 0.287 e. The number of nitrogens with zero attached hydrogens (tertiary/aromatic N) is 2. The Hall–Kier alpha value is -1.56. The van der Waals surface area contributed by atoms with Crippen LogP contribution in [0, 0.1) is 13.8 Å². The summed E-state index contributed by atoms with van der Waals surface area (Å²) in [6.07, 6.45) is 0. The van der Waals surface area contributed by atoms with E-state index in [-0.39, 0.29) is 11.9 Å². The van der Waals surface area contributed by atoms with E-state index in [2.05, 4.69) is 26.3 Å². The molecule has 0 saturated carbocycles. The number of aryl methyl sites for hydroxylation is 1. The van der Waals surface area contributed by atoms with Crippen molar-refractivity contribution in [2.75, 3.05) is 0 Å². The molecule has 0 aromatic carbocycles. The molecule has 0 bridgehead atoms. The molecule has 2 rings (SSSR count). The summed E-state index contributed by atoms with van der Waals surface area (Å²) in [6.45, 7) is 8.26. The Morgan fingerprint density at radius 1 is 1.45 bits per heavy atom. The van der Waals surface area contributed by atoms with Crippen LogP contribution in [-0.2, 0) is 6.54 Å². The summed E-state index contributed by atoms with van der Waals surface area (Å²) < 4.78 is 8.42. The monoisotopic (exact) mass is 339 g/mol. The highest BCUT2D eigenvalue weighted by atomic mass is 79.9. The van der Waals surface area contributed by atoms with Crippen molar-refractivity contribution in [3.05, 3.63) is 39.5 Å². The average molecular weight is 340 g/mol. The maximum absolute atomic E-state index is 11.8. The first kappa shape index (κ1) is 14.8. The number of hydrogen-bond acceptors (Lipinski definition) is 3. The first-order chi connectivity index (χ1) is 9.38. The van der Waals surface area contributed by atoms with Gasteiger partial charge in [-0.1, -0.05) is 0 Å². The molecule has 0 fully saturated rings. The molecule has 2 aromatic heterocycles. The molecule has 0 aliphatic rings. The Morgan fingerprint density at radius 3 is 2.70 bits per heavy atom. The third-order valence-corrected chi connectivity index (χ3v) is 4.05. The molecule has 0 spiro atoms. The Kier molecular flexibility index (Phi) is 4.32. The molecule has 108 valence electrons. The molecule has 0 atom stereocenters. The zero-order valence-corrected chi connectivity index (χ0v) is 13.6. The van der Waals surface area contributed by atoms with Gasteiger partial charge in [-0.05, 0) is 55.8 Å². The molecule has 20 heavy (non-hydrogen) atoms. The number of nitrogens with one attached hydrogen (secondary N) is 1. The fourth-order valence-electron chi connectivity index (χ4n) is 1.89. The summed E-state index contributed by atoms with van der Waals surface area (Å²) in [4.78, 5) is 11.8. The summed E-state index contributed by atoms with van der Waals surface area (Å²) in [5.41, 5.74) is 1.97. The summed E-state index contributed by atoms with van der Waals surface area (Å²) in [5, 5.41) is 7.22. The third kappa shape index (κ3) is 3.12. The molecule has 0 aliphatic heterocycles. The molecule has 0 radical (unpaired) electrons. The lowest BCUT2D eigenvalue weighted by molar-refractivity contribution is 0.0913. The normalized spacial score (nSPS) is 11.1. The van der Waals surface area contributed by atoms with Crippen LogP contribution in [0.1, 0.15) is 41.6 Å². The van der Waals surface area contributed by atoms with E-state index in [0.29, 0.717) is 18.1 Å². The fraction of sp³-hybridized carbons (Fsp3) is 0.429. The molecular weight excluding hydrogens is 322 g/mol. The Bertz CT molecular complexity index is 628. The van der Waals surface area contributed by atoms with E-state index < -0.39 is 0 Å². The van der Waals surface area contributed by atoms with Gasteiger partial charge in [0, 0.05) is 6.04 Å². The van der Waals surface area contributed by atoms with Gasteiger partial charge in [-0.2, -0.15) is 5.10 Å². The zero-order chi connectivity index (χ0) is 14.9. The fourth-order valence-corrected chi connectivity index (χ4v) is 2.18. The number of furan rings is 1. The molecule has 5 nitrogen and oxygen atoms in total. The average Bonchev–Trinajstić information content (AvgIpc) is 2.91. The molecule has 0 saturated heterocycles. The summed E-state index contributed by atoms with van der Waals surface area (Å²) in [5.74, 6) is 0.840. The number of hydrogen-bond donors (Lipinski definition) is 1. The minimum absolute atomic E-state index is 0.0861. The van der Waals surface area contributed by atoms with E-state index in [1.165, 1.54) is 0 Å². The number of carbonyl (C=O) groups excluding carboxylic acids is 1. The van der Waals surface area contributed by atoms with Gasteiger partial charge in [-0.15, -0.1) is 0 Å². The maximum atomic E-state index is 11.8. The van der Waals surface area contributed by atoms with Crippen LogP contribution in [-0.4, -0.2) is 21.7 Å². The second-order valence-electron chi connectivity index (χ2n) is 5.04. The van der Waals surface area contributed by atoms with Crippen LogP contribution in [0.5, 0.6) is 0 Å². The van der Waals surface area contributed by atoms with E-state index in [1.54, 1.807) is 12.1 Å². The van der Waals surface area contributed by atoms with Crippen LogP contribution in [0.4, 0.5) is 0 Å². The number of rotatable bonds is 4. The molecular formula is C14H18BrN3O2. The Morgan fingerprint density at radius 2 is 2.15 bits per heavy atom. The minimum atomic E-state index is -0.194. The van der Waals surface area contributed by atoms with Crippen molar-refractivity contribution in [2.45, 2.75) is 40.3 Å². The number of halogens is 1. The van der Waals surface area contributed by atoms with Gasteiger partial charge < -0.3 is 9.73 Å². The molecule has 2 heterocycles. The van der Waals surface area contributed by atoms with Crippen LogP contribution >= 0.6 is 15.9 Å². The topological polar surface area (TPSA) is 60.1 Å². The zero-order valence-electron chi connectivity index (χ0n) is 12.0. The summed E-state index contributed by atoms with van der Waals surface area (Å²) in [7, 11) is 0. The summed E-state index contributed by atoms with van der Waals surface area (Å²) in [6, 6.07) is 3.58. The smallest absolute Gasteiger partial charge is 0.287 e. The van der Waals surface area contributed by atoms with Crippen LogP contribution in [0.2, 0.25) is 0 Å². The Balaban J connectivity index is 2.13. The van der Waals surface area contributed by atoms with Crippen molar-refractivity contribution in [1.29, 1.82) is 0 Å². The third-order valence-electron chi connectivity index (χ3n) is 2.90. The molecule has 2 aromatic rings. The first-order valence-corrected chi connectivity index (χ1v) is 7.27. The molecule has 0 aliphatic carbocycles. The quantitative estimate of drug-likeness (QED) is 0.931. The first-order valence-electron chi connectivity index (χ1n) is 6.47. The van der Waals surface area contributed by atoms with Crippen LogP contribution < -0.4 is 5.32 Å². The van der Waals surface area contributed by atoms with E-state index in [4.69, 9.17) is 4.42 Å². The van der Waals surface area contributed by atoms with Crippen LogP contribution in [0.15, 0.2) is 21.0 Å². The minimum Gasteiger partial charge on any atom is -0.454 e. The molecule has 6 heteroatoms. The SMILES string of the molecule is Cc1nn(Cc2ccc(C(=O)NC(C)C)o2)c(C)c1Br. The van der Waals surface area contributed by atoms with Crippen molar-refractivity contribution in [2.24, 2.45) is 0 Å². The predicted octanol–water partition coefficient (Wildman–Crippen LogP) is 3.04. The second kappa shape index (κ2) is 5.83. The second-order valence-corrected chi connectivity index (χ2v) is 5.83. The van der Waals surface area contributed by atoms with Crippen molar-refractivity contribution in [3.8, 4) is 0 Å². The highest BCUT2D eigenvalue weighted by Crippen LogP contribution is 2.21. The lowest BCUT2D eigenvalue weighted by Gasteiger charge is -2.05.